The number of amides is 1. The second-order valence-electron chi connectivity index (χ2n) is 3.74. The molecule has 0 spiro atoms. The molecular formula is C9H14N4O2. The zero-order valence-electron chi connectivity index (χ0n) is 8.43. The Kier molecular flexibility index (Phi) is 2.96. The number of rotatable bonds is 3. The van der Waals surface area contributed by atoms with E-state index in [4.69, 9.17) is 10.5 Å². The SMILES string of the molecule is NC(=O)c1ncn(CC2CCCOC2)n1. The minimum Gasteiger partial charge on any atom is -0.381 e. The first kappa shape index (κ1) is 10.1. The van der Waals surface area contributed by atoms with Gasteiger partial charge in [0.1, 0.15) is 6.33 Å². The van der Waals surface area contributed by atoms with Crippen LogP contribution in [0.25, 0.3) is 0 Å². The van der Waals surface area contributed by atoms with Crippen LogP contribution >= 0.6 is 0 Å². The topological polar surface area (TPSA) is 83.0 Å². The lowest BCUT2D eigenvalue weighted by molar-refractivity contribution is 0.0469. The molecule has 1 aromatic heterocycles. The number of primary amides is 1. The largest absolute Gasteiger partial charge is 0.381 e. The smallest absolute Gasteiger partial charge is 0.288 e. The molecular weight excluding hydrogens is 196 g/mol. The lowest BCUT2D eigenvalue weighted by atomic mass is 10.0. The quantitative estimate of drug-likeness (QED) is 0.749. The van der Waals surface area contributed by atoms with Gasteiger partial charge in [-0.3, -0.25) is 9.48 Å². The number of hydrogen-bond acceptors (Lipinski definition) is 4. The van der Waals surface area contributed by atoms with Crippen molar-refractivity contribution >= 4 is 5.91 Å². The highest BCUT2D eigenvalue weighted by molar-refractivity contribution is 5.88. The monoisotopic (exact) mass is 210 g/mol. The van der Waals surface area contributed by atoms with Gasteiger partial charge in [0.15, 0.2) is 0 Å². The molecule has 1 aliphatic heterocycles. The Bertz CT molecular complexity index is 344. The summed E-state index contributed by atoms with van der Waals surface area (Å²) in [5, 5.41) is 3.98. The van der Waals surface area contributed by atoms with Crippen molar-refractivity contribution in [1.82, 2.24) is 14.8 Å². The molecule has 1 atom stereocenters. The highest BCUT2D eigenvalue weighted by Crippen LogP contribution is 2.14. The summed E-state index contributed by atoms with van der Waals surface area (Å²) >= 11 is 0. The first-order valence-corrected chi connectivity index (χ1v) is 5.02. The van der Waals surface area contributed by atoms with Crippen LogP contribution in [0, 0.1) is 5.92 Å². The Morgan fingerprint density at radius 1 is 1.73 bits per heavy atom. The molecule has 2 rings (SSSR count). The summed E-state index contributed by atoms with van der Waals surface area (Å²) in [6, 6.07) is 0. The Morgan fingerprint density at radius 3 is 3.20 bits per heavy atom. The Labute approximate surface area is 87.4 Å². The van der Waals surface area contributed by atoms with Gasteiger partial charge in [-0.05, 0) is 12.8 Å². The summed E-state index contributed by atoms with van der Waals surface area (Å²) < 4.78 is 7.01. The van der Waals surface area contributed by atoms with Crippen LogP contribution in [0.15, 0.2) is 6.33 Å². The van der Waals surface area contributed by atoms with Crippen molar-refractivity contribution in [1.29, 1.82) is 0 Å². The molecule has 1 aromatic rings. The number of carbonyl (C=O) groups excluding carboxylic acids is 1. The van der Waals surface area contributed by atoms with Crippen LogP contribution in [0.4, 0.5) is 0 Å². The second-order valence-corrected chi connectivity index (χ2v) is 3.74. The number of aromatic nitrogens is 3. The van der Waals surface area contributed by atoms with E-state index in [-0.39, 0.29) is 5.82 Å². The average Bonchev–Trinajstić information content (AvgIpc) is 2.68. The maximum Gasteiger partial charge on any atom is 0.288 e. The number of ether oxygens (including phenoxy) is 1. The summed E-state index contributed by atoms with van der Waals surface area (Å²) in [5.41, 5.74) is 5.06. The van der Waals surface area contributed by atoms with Crippen molar-refractivity contribution in [3.8, 4) is 0 Å². The molecule has 1 unspecified atom stereocenters. The molecule has 0 aliphatic carbocycles. The molecule has 6 heteroatoms. The number of carbonyl (C=O) groups is 1. The number of nitrogens with zero attached hydrogens (tertiary/aromatic N) is 3. The molecule has 1 aliphatic rings. The fraction of sp³-hybridized carbons (Fsp3) is 0.667. The molecule has 15 heavy (non-hydrogen) atoms. The Hall–Kier alpha value is -1.43. The molecule has 0 aromatic carbocycles. The lowest BCUT2D eigenvalue weighted by Gasteiger charge is -2.21. The third-order valence-electron chi connectivity index (χ3n) is 2.46. The van der Waals surface area contributed by atoms with E-state index in [1.54, 1.807) is 4.68 Å². The van der Waals surface area contributed by atoms with E-state index in [2.05, 4.69) is 10.1 Å². The van der Waals surface area contributed by atoms with Gasteiger partial charge in [0, 0.05) is 19.1 Å². The van der Waals surface area contributed by atoms with Crippen molar-refractivity contribution in [2.45, 2.75) is 19.4 Å². The van der Waals surface area contributed by atoms with Gasteiger partial charge in [-0.1, -0.05) is 0 Å². The minimum absolute atomic E-state index is 0.0757. The van der Waals surface area contributed by atoms with E-state index in [0.29, 0.717) is 5.92 Å². The first-order chi connectivity index (χ1) is 7.25. The van der Waals surface area contributed by atoms with Crippen LogP contribution < -0.4 is 5.73 Å². The van der Waals surface area contributed by atoms with E-state index >= 15 is 0 Å². The second kappa shape index (κ2) is 4.39. The van der Waals surface area contributed by atoms with E-state index in [1.165, 1.54) is 6.33 Å². The Balaban J connectivity index is 1.94. The molecule has 82 valence electrons. The fourth-order valence-corrected chi connectivity index (χ4v) is 1.71. The van der Waals surface area contributed by atoms with Gasteiger partial charge in [0.05, 0.1) is 6.61 Å². The van der Waals surface area contributed by atoms with Crippen molar-refractivity contribution in [3.05, 3.63) is 12.2 Å². The van der Waals surface area contributed by atoms with Crippen molar-refractivity contribution in [2.75, 3.05) is 13.2 Å². The third kappa shape index (κ3) is 2.53. The van der Waals surface area contributed by atoms with E-state index in [0.717, 1.165) is 32.6 Å². The molecule has 0 radical (unpaired) electrons. The van der Waals surface area contributed by atoms with Crippen molar-refractivity contribution in [2.24, 2.45) is 11.7 Å². The van der Waals surface area contributed by atoms with Crippen LogP contribution in [0.2, 0.25) is 0 Å². The van der Waals surface area contributed by atoms with Gasteiger partial charge in [0.25, 0.3) is 5.91 Å². The van der Waals surface area contributed by atoms with Crippen molar-refractivity contribution in [3.63, 3.8) is 0 Å². The van der Waals surface area contributed by atoms with Gasteiger partial charge in [-0.15, -0.1) is 5.10 Å². The standard InChI is InChI=1S/C9H14N4O2/c10-8(14)9-11-6-13(12-9)4-7-2-1-3-15-5-7/h6-7H,1-5H2,(H2,10,14). The zero-order valence-corrected chi connectivity index (χ0v) is 8.43. The van der Waals surface area contributed by atoms with Gasteiger partial charge in [0.2, 0.25) is 5.82 Å². The minimum atomic E-state index is -0.589. The van der Waals surface area contributed by atoms with E-state index < -0.39 is 5.91 Å². The highest BCUT2D eigenvalue weighted by atomic mass is 16.5. The highest BCUT2D eigenvalue weighted by Gasteiger charge is 2.15. The predicted octanol–water partition coefficient (Wildman–Crippen LogP) is -0.196. The van der Waals surface area contributed by atoms with Crippen LogP contribution in [-0.2, 0) is 11.3 Å². The van der Waals surface area contributed by atoms with E-state index in [9.17, 15) is 4.79 Å². The summed E-state index contributed by atoms with van der Waals surface area (Å²) in [5.74, 6) is -0.0541. The van der Waals surface area contributed by atoms with Crippen LogP contribution in [0.1, 0.15) is 23.5 Å². The first-order valence-electron chi connectivity index (χ1n) is 5.02. The Morgan fingerprint density at radius 2 is 2.60 bits per heavy atom. The third-order valence-corrected chi connectivity index (χ3v) is 2.46. The molecule has 1 fully saturated rings. The van der Waals surface area contributed by atoms with Crippen molar-refractivity contribution < 1.29 is 9.53 Å². The van der Waals surface area contributed by atoms with E-state index in [1.807, 2.05) is 0 Å². The lowest BCUT2D eigenvalue weighted by Crippen LogP contribution is -2.22. The molecule has 1 amide bonds. The van der Waals surface area contributed by atoms with Gasteiger partial charge >= 0.3 is 0 Å². The average molecular weight is 210 g/mol. The van der Waals surface area contributed by atoms with Crippen LogP contribution in [0.5, 0.6) is 0 Å². The molecule has 1 saturated heterocycles. The number of hydrogen-bond donors (Lipinski definition) is 1. The molecule has 0 bridgehead atoms. The number of nitrogens with two attached hydrogens (primary N) is 1. The van der Waals surface area contributed by atoms with Crippen LogP contribution in [0.3, 0.4) is 0 Å². The van der Waals surface area contributed by atoms with Gasteiger partial charge in [-0.2, -0.15) is 0 Å². The summed E-state index contributed by atoms with van der Waals surface area (Å²) in [6.07, 6.45) is 3.75. The van der Waals surface area contributed by atoms with Crippen LogP contribution in [-0.4, -0.2) is 33.9 Å². The summed E-state index contributed by atoms with van der Waals surface area (Å²) in [6.45, 7) is 2.34. The summed E-state index contributed by atoms with van der Waals surface area (Å²) in [4.78, 5) is 14.6. The predicted molar refractivity (Wildman–Crippen MR) is 52.1 cm³/mol. The molecule has 0 saturated carbocycles. The van der Waals surface area contributed by atoms with Gasteiger partial charge < -0.3 is 10.5 Å². The van der Waals surface area contributed by atoms with Gasteiger partial charge in [-0.25, -0.2) is 4.98 Å². The molecule has 2 heterocycles. The summed E-state index contributed by atoms with van der Waals surface area (Å²) in [7, 11) is 0. The zero-order chi connectivity index (χ0) is 10.7. The fourth-order valence-electron chi connectivity index (χ4n) is 1.71. The molecule has 2 N–H and O–H groups in total. The maximum absolute atomic E-state index is 10.8. The normalized spacial score (nSPS) is 21.5. The maximum atomic E-state index is 10.8. The molecule has 6 nitrogen and oxygen atoms in total.